The molecule has 0 aliphatic rings. The lowest BCUT2D eigenvalue weighted by molar-refractivity contribution is 0.0973. The van der Waals surface area contributed by atoms with Gasteiger partial charge in [-0.15, -0.1) is 0 Å². The molecule has 0 spiro atoms. The molecule has 0 saturated carbocycles. The number of fused-ring (bicyclic) bond motifs is 1. The zero-order valence-corrected chi connectivity index (χ0v) is 17.3. The fourth-order valence-corrected chi connectivity index (χ4v) is 4.11. The Balaban J connectivity index is 1.80. The van der Waals surface area contributed by atoms with Gasteiger partial charge in [0.2, 0.25) is 0 Å². The van der Waals surface area contributed by atoms with Gasteiger partial charge >= 0.3 is 0 Å². The quantitative estimate of drug-likeness (QED) is 0.476. The van der Waals surface area contributed by atoms with E-state index in [1.54, 1.807) is 41.3 Å². The summed E-state index contributed by atoms with van der Waals surface area (Å²) in [6, 6.07) is 11.4. The summed E-state index contributed by atoms with van der Waals surface area (Å²) in [6.07, 6.45) is 5.12. The van der Waals surface area contributed by atoms with Gasteiger partial charge in [0.1, 0.15) is 17.0 Å². The fourth-order valence-electron chi connectivity index (χ4n) is 3.13. The molecule has 0 unspecified atom stereocenters. The van der Waals surface area contributed by atoms with Crippen LogP contribution in [0.15, 0.2) is 55.0 Å². The number of amides is 1. The highest BCUT2D eigenvalue weighted by Gasteiger charge is 2.26. The summed E-state index contributed by atoms with van der Waals surface area (Å²) >= 11 is 1.46. The molecule has 0 saturated heterocycles. The molecule has 0 fully saturated rings. The molecule has 0 radical (unpaired) electrons. The van der Waals surface area contributed by atoms with Crippen molar-refractivity contribution in [1.29, 1.82) is 0 Å². The highest BCUT2D eigenvalue weighted by atomic mass is 32.1. The van der Waals surface area contributed by atoms with Crippen molar-refractivity contribution in [1.82, 2.24) is 19.7 Å². The number of hydrogen-bond donors (Lipinski definition) is 0. The number of carbonyl (C=O) groups is 1. The van der Waals surface area contributed by atoms with Crippen LogP contribution in [-0.4, -0.2) is 32.8 Å². The van der Waals surface area contributed by atoms with Gasteiger partial charge in [-0.25, -0.2) is 4.98 Å². The molecule has 0 bridgehead atoms. The summed E-state index contributed by atoms with van der Waals surface area (Å²) in [5.41, 5.74) is 2.19. The van der Waals surface area contributed by atoms with Gasteiger partial charge in [-0.2, -0.15) is 5.10 Å². The number of pyridine rings is 1. The number of para-hydroxylation sites is 1. The number of benzene rings is 1. The molecule has 0 aliphatic heterocycles. The second-order valence-corrected chi connectivity index (χ2v) is 7.82. The first kappa shape index (κ1) is 19.1. The van der Waals surface area contributed by atoms with Crippen LogP contribution in [0.25, 0.3) is 10.2 Å². The maximum absolute atomic E-state index is 13.5. The van der Waals surface area contributed by atoms with E-state index >= 15 is 0 Å². The molecule has 0 aliphatic carbocycles. The van der Waals surface area contributed by atoms with Crippen LogP contribution in [0.3, 0.4) is 0 Å². The van der Waals surface area contributed by atoms with Crippen LogP contribution in [0.2, 0.25) is 0 Å². The summed E-state index contributed by atoms with van der Waals surface area (Å²) in [5.74, 6) is 0.532. The summed E-state index contributed by atoms with van der Waals surface area (Å²) in [6.45, 7) is 4.35. The Kier molecular flexibility index (Phi) is 5.26. The molecule has 4 aromatic rings. The second kappa shape index (κ2) is 8.00. The Morgan fingerprint density at radius 2 is 2.07 bits per heavy atom. The molecule has 8 heteroatoms. The number of carbonyl (C=O) groups excluding carboxylic acids is 1. The van der Waals surface area contributed by atoms with Gasteiger partial charge < -0.3 is 4.74 Å². The Hall–Kier alpha value is -3.26. The number of anilines is 1. The first-order valence-corrected chi connectivity index (χ1v) is 10.1. The number of nitrogens with zero attached hydrogens (tertiary/aromatic N) is 5. The van der Waals surface area contributed by atoms with Gasteiger partial charge in [-0.3, -0.25) is 19.4 Å². The number of hydrogen-bond acceptors (Lipinski definition) is 6. The number of aromatic nitrogens is 4. The molecular formula is C21H21N5O2S. The van der Waals surface area contributed by atoms with Crippen LogP contribution in [-0.2, 0) is 6.54 Å². The van der Waals surface area contributed by atoms with E-state index in [0.717, 1.165) is 15.8 Å². The van der Waals surface area contributed by atoms with E-state index in [2.05, 4.69) is 10.1 Å². The maximum Gasteiger partial charge on any atom is 0.278 e. The molecule has 3 heterocycles. The molecule has 7 nitrogen and oxygen atoms in total. The number of ether oxygens (including phenoxy) is 1. The lowest BCUT2D eigenvalue weighted by atomic mass is 10.2. The largest absolute Gasteiger partial charge is 0.494 e. The SMILES string of the molecule is COc1cccc2sc(N(Cc3cccnc3)C(=O)c3ccnn3C(C)C)nc12. The molecule has 0 atom stereocenters. The molecule has 1 aromatic carbocycles. The predicted octanol–water partition coefficient (Wildman–Crippen LogP) is 4.32. The van der Waals surface area contributed by atoms with Crippen molar-refractivity contribution in [3.8, 4) is 5.75 Å². The van der Waals surface area contributed by atoms with Crippen LogP contribution in [0.4, 0.5) is 5.13 Å². The van der Waals surface area contributed by atoms with Crippen LogP contribution < -0.4 is 9.64 Å². The van der Waals surface area contributed by atoms with E-state index in [9.17, 15) is 4.79 Å². The second-order valence-electron chi connectivity index (χ2n) is 6.81. The van der Waals surface area contributed by atoms with Crippen molar-refractivity contribution in [2.45, 2.75) is 26.4 Å². The van der Waals surface area contributed by atoms with E-state index in [1.807, 2.05) is 44.2 Å². The van der Waals surface area contributed by atoms with E-state index in [4.69, 9.17) is 9.72 Å². The summed E-state index contributed by atoms with van der Waals surface area (Å²) in [7, 11) is 1.62. The Bertz CT molecular complexity index is 1140. The molecule has 4 rings (SSSR count). The number of methoxy groups -OCH3 is 1. The van der Waals surface area contributed by atoms with Crippen LogP contribution in [0.1, 0.15) is 35.9 Å². The Labute approximate surface area is 172 Å². The van der Waals surface area contributed by atoms with Crippen molar-refractivity contribution < 1.29 is 9.53 Å². The van der Waals surface area contributed by atoms with Crippen molar-refractivity contribution in [2.75, 3.05) is 12.0 Å². The average Bonchev–Trinajstić information content (AvgIpc) is 3.39. The monoisotopic (exact) mass is 407 g/mol. The third kappa shape index (κ3) is 3.71. The summed E-state index contributed by atoms with van der Waals surface area (Å²) in [4.78, 5) is 24.1. The molecule has 1 amide bonds. The Morgan fingerprint density at radius 3 is 2.79 bits per heavy atom. The minimum atomic E-state index is -0.155. The topological polar surface area (TPSA) is 73.1 Å². The van der Waals surface area contributed by atoms with E-state index < -0.39 is 0 Å². The van der Waals surface area contributed by atoms with Gasteiger partial charge in [0.25, 0.3) is 5.91 Å². The third-order valence-electron chi connectivity index (χ3n) is 4.51. The standard InChI is InChI=1S/C21H21N5O2S/c1-14(2)26-16(9-11-23-26)20(27)25(13-15-6-5-10-22-12-15)21-24-19-17(28-3)7-4-8-18(19)29-21/h4-12,14H,13H2,1-3H3. The summed E-state index contributed by atoms with van der Waals surface area (Å²) in [5, 5.41) is 4.92. The first-order chi connectivity index (χ1) is 14.1. The minimum absolute atomic E-state index is 0.0691. The lowest BCUT2D eigenvalue weighted by Crippen LogP contribution is -2.32. The maximum atomic E-state index is 13.5. The van der Waals surface area contributed by atoms with Crippen molar-refractivity contribution >= 4 is 32.6 Å². The van der Waals surface area contributed by atoms with Gasteiger partial charge in [-0.1, -0.05) is 23.5 Å². The van der Waals surface area contributed by atoms with Gasteiger partial charge in [0, 0.05) is 24.6 Å². The van der Waals surface area contributed by atoms with Crippen molar-refractivity contribution in [2.24, 2.45) is 0 Å². The first-order valence-electron chi connectivity index (χ1n) is 9.26. The zero-order chi connectivity index (χ0) is 20.4. The molecule has 3 aromatic heterocycles. The smallest absolute Gasteiger partial charge is 0.278 e. The number of rotatable bonds is 6. The van der Waals surface area contributed by atoms with Gasteiger partial charge in [0.15, 0.2) is 5.13 Å². The fraction of sp³-hybridized carbons (Fsp3) is 0.238. The molecule has 0 N–H and O–H groups in total. The van der Waals surface area contributed by atoms with E-state index in [-0.39, 0.29) is 11.9 Å². The zero-order valence-electron chi connectivity index (χ0n) is 16.4. The van der Waals surface area contributed by atoms with Crippen LogP contribution in [0.5, 0.6) is 5.75 Å². The predicted molar refractivity (Wildman–Crippen MR) is 114 cm³/mol. The summed E-state index contributed by atoms with van der Waals surface area (Å²) < 4.78 is 8.13. The highest BCUT2D eigenvalue weighted by Crippen LogP contribution is 2.35. The van der Waals surface area contributed by atoms with Crippen LogP contribution >= 0.6 is 11.3 Å². The van der Waals surface area contributed by atoms with Crippen LogP contribution in [0, 0.1) is 0 Å². The van der Waals surface area contributed by atoms with Crippen molar-refractivity contribution in [3.05, 3.63) is 66.2 Å². The molecular weight excluding hydrogens is 386 g/mol. The lowest BCUT2D eigenvalue weighted by Gasteiger charge is -2.21. The van der Waals surface area contributed by atoms with E-state index in [0.29, 0.717) is 23.1 Å². The molecule has 148 valence electrons. The molecule has 29 heavy (non-hydrogen) atoms. The van der Waals surface area contributed by atoms with Gasteiger partial charge in [-0.05, 0) is 43.7 Å². The average molecular weight is 407 g/mol. The van der Waals surface area contributed by atoms with Crippen molar-refractivity contribution in [3.63, 3.8) is 0 Å². The van der Waals surface area contributed by atoms with E-state index in [1.165, 1.54) is 11.3 Å². The normalized spacial score (nSPS) is 11.2. The minimum Gasteiger partial charge on any atom is -0.494 e. The third-order valence-corrected chi connectivity index (χ3v) is 5.55. The Morgan fingerprint density at radius 1 is 1.21 bits per heavy atom. The highest BCUT2D eigenvalue weighted by molar-refractivity contribution is 7.22. The number of thiazole rings is 1. The van der Waals surface area contributed by atoms with Gasteiger partial charge in [0.05, 0.1) is 18.4 Å².